The summed E-state index contributed by atoms with van der Waals surface area (Å²) in [5, 5.41) is 10.6. The average molecular weight is 643 g/mol. The second kappa shape index (κ2) is 16.8. The van der Waals surface area contributed by atoms with Gasteiger partial charge in [-0.1, -0.05) is 51.0 Å². The summed E-state index contributed by atoms with van der Waals surface area (Å²) >= 11 is 0. The van der Waals surface area contributed by atoms with Gasteiger partial charge >= 0.3 is 0 Å². The van der Waals surface area contributed by atoms with Crippen LogP contribution in [-0.4, -0.2) is 63.8 Å². The number of hydrogen-bond donors (Lipinski definition) is 2. The van der Waals surface area contributed by atoms with E-state index in [9.17, 15) is 9.59 Å². The molecule has 9 nitrogen and oxygen atoms in total. The van der Waals surface area contributed by atoms with Crippen LogP contribution < -0.4 is 10.6 Å². The van der Waals surface area contributed by atoms with Gasteiger partial charge in [-0.25, -0.2) is 0 Å². The van der Waals surface area contributed by atoms with Crippen molar-refractivity contribution in [3.63, 3.8) is 0 Å². The molecule has 2 amide bonds. The Morgan fingerprint density at radius 1 is 1.11 bits per heavy atom. The second-order valence-electron chi connectivity index (χ2n) is 13.4. The molecule has 2 aromatic rings. The molecular formula is C38H54N6O3. The molecule has 0 atom stereocenters. The molecule has 2 aromatic heterocycles. The fraction of sp³-hybridized carbons (Fsp3) is 0.526. The summed E-state index contributed by atoms with van der Waals surface area (Å²) in [5.74, 6) is -0.0446. The first-order valence-corrected chi connectivity index (χ1v) is 17.2. The van der Waals surface area contributed by atoms with Crippen molar-refractivity contribution >= 4 is 28.8 Å². The molecular weight excluding hydrogens is 588 g/mol. The number of carbonyl (C=O) groups excluding carboxylic acids is 2. The minimum Gasteiger partial charge on any atom is -0.383 e. The van der Waals surface area contributed by atoms with E-state index in [0.717, 1.165) is 48.1 Å². The average Bonchev–Trinajstić information content (AvgIpc) is 3.66. The number of anilines is 2. The van der Waals surface area contributed by atoms with Crippen LogP contribution in [0.1, 0.15) is 90.8 Å². The molecule has 4 rings (SSSR count). The minimum atomic E-state index is -0.236. The molecule has 1 saturated heterocycles. The van der Waals surface area contributed by atoms with Gasteiger partial charge in [-0.3, -0.25) is 24.2 Å². The Kier molecular flexibility index (Phi) is 12.9. The molecule has 1 aliphatic carbocycles. The zero-order chi connectivity index (χ0) is 34.0. The van der Waals surface area contributed by atoms with Gasteiger partial charge in [0.05, 0.1) is 49.2 Å². The SMILES string of the molecule is CCC/C=C/C(=C\C(/C=C(/c1cnn(CCOC)c1)C(C)C)=C(C)C)C(=O)Nc1cc(NC(=O)CN2CCCC23CCC3)cnc1C. The van der Waals surface area contributed by atoms with Gasteiger partial charge in [-0.05, 0) is 95.0 Å². The number of methoxy groups -OCH3 is 1. The summed E-state index contributed by atoms with van der Waals surface area (Å²) in [7, 11) is 1.69. The van der Waals surface area contributed by atoms with Crippen molar-refractivity contribution in [2.75, 3.05) is 37.4 Å². The predicted octanol–water partition coefficient (Wildman–Crippen LogP) is 7.49. The summed E-state index contributed by atoms with van der Waals surface area (Å²) < 4.78 is 7.11. The van der Waals surface area contributed by atoms with Crippen LogP contribution in [0.15, 0.2) is 65.7 Å². The quantitative estimate of drug-likeness (QED) is 0.154. The number of unbranched alkanes of at least 4 members (excludes halogenated alkanes) is 1. The first kappa shape index (κ1) is 36.0. The third-order valence-electron chi connectivity index (χ3n) is 9.31. The lowest BCUT2D eigenvalue weighted by Crippen LogP contribution is -2.51. The molecule has 47 heavy (non-hydrogen) atoms. The van der Waals surface area contributed by atoms with Crippen LogP contribution in [0.5, 0.6) is 0 Å². The van der Waals surface area contributed by atoms with Gasteiger partial charge in [0.25, 0.3) is 5.91 Å². The second-order valence-corrected chi connectivity index (χ2v) is 13.4. The number of nitrogens with one attached hydrogen (secondary N) is 2. The Morgan fingerprint density at radius 3 is 2.53 bits per heavy atom. The van der Waals surface area contributed by atoms with Crippen molar-refractivity contribution in [2.45, 2.75) is 98.6 Å². The van der Waals surface area contributed by atoms with Crippen molar-refractivity contribution < 1.29 is 14.3 Å². The van der Waals surface area contributed by atoms with E-state index in [-0.39, 0.29) is 23.3 Å². The van der Waals surface area contributed by atoms with Gasteiger partial charge < -0.3 is 15.4 Å². The van der Waals surface area contributed by atoms with Crippen molar-refractivity contribution in [2.24, 2.45) is 5.92 Å². The van der Waals surface area contributed by atoms with Gasteiger partial charge in [0.15, 0.2) is 0 Å². The Morgan fingerprint density at radius 2 is 1.87 bits per heavy atom. The van der Waals surface area contributed by atoms with Gasteiger partial charge in [0.2, 0.25) is 5.91 Å². The zero-order valence-electron chi connectivity index (χ0n) is 29.5. The largest absolute Gasteiger partial charge is 0.383 e. The number of allylic oxidation sites excluding steroid dienone is 6. The third-order valence-corrected chi connectivity index (χ3v) is 9.31. The topological polar surface area (TPSA) is 101 Å². The molecule has 3 heterocycles. The van der Waals surface area contributed by atoms with Crippen molar-refractivity contribution in [1.29, 1.82) is 0 Å². The smallest absolute Gasteiger partial charge is 0.255 e. The summed E-state index contributed by atoms with van der Waals surface area (Å²) in [6.07, 6.45) is 21.5. The molecule has 1 aliphatic heterocycles. The van der Waals surface area contributed by atoms with E-state index in [2.05, 4.69) is 66.3 Å². The number of aryl methyl sites for hydroxylation is 1. The van der Waals surface area contributed by atoms with Crippen LogP contribution in [0.4, 0.5) is 11.4 Å². The van der Waals surface area contributed by atoms with Crippen LogP contribution in [0.2, 0.25) is 0 Å². The van der Waals surface area contributed by atoms with Crippen LogP contribution in [-0.2, 0) is 20.9 Å². The van der Waals surface area contributed by atoms with Gasteiger partial charge in [-0.2, -0.15) is 5.10 Å². The maximum Gasteiger partial charge on any atom is 0.255 e. The van der Waals surface area contributed by atoms with Crippen molar-refractivity contribution in [3.8, 4) is 0 Å². The van der Waals surface area contributed by atoms with E-state index in [0.29, 0.717) is 42.3 Å². The standard InChI is InChI=1S/C38H54N6O3/c1-8-9-10-13-30(20-31(27(2)3)21-34(28(4)5)32-23-40-44(25-32)18-19-47-7)37(46)42-35-22-33(24-39-29(35)6)41-36(45)26-43-17-12-16-38(43)14-11-15-38/h10,13,20-25,28H,8-9,11-12,14-19,26H2,1-7H3,(H,41,45)(H,42,46)/b13-10+,30-20+,34-21+. The highest BCUT2D eigenvalue weighted by Crippen LogP contribution is 2.45. The van der Waals surface area contributed by atoms with Crippen LogP contribution >= 0.6 is 0 Å². The molecule has 0 radical (unpaired) electrons. The Hall–Kier alpha value is -3.82. The fourth-order valence-electron chi connectivity index (χ4n) is 6.32. The molecule has 1 saturated carbocycles. The minimum absolute atomic E-state index is 0.0469. The molecule has 0 unspecified atom stereocenters. The molecule has 254 valence electrons. The molecule has 2 fully saturated rings. The van der Waals surface area contributed by atoms with Crippen LogP contribution in [0.25, 0.3) is 5.57 Å². The summed E-state index contributed by atoms with van der Waals surface area (Å²) in [4.78, 5) is 33.7. The molecule has 0 bridgehead atoms. The molecule has 0 aromatic carbocycles. The van der Waals surface area contributed by atoms with Gasteiger partial charge in [0.1, 0.15) is 0 Å². The highest BCUT2D eigenvalue weighted by atomic mass is 16.5. The first-order chi connectivity index (χ1) is 22.5. The number of aromatic nitrogens is 3. The predicted molar refractivity (Wildman–Crippen MR) is 191 cm³/mol. The highest BCUT2D eigenvalue weighted by molar-refractivity contribution is 6.07. The molecule has 9 heteroatoms. The number of ether oxygens (including phenoxy) is 1. The number of nitrogens with zero attached hydrogens (tertiary/aromatic N) is 4. The van der Waals surface area contributed by atoms with Crippen LogP contribution in [0, 0.1) is 12.8 Å². The summed E-state index contributed by atoms with van der Waals surface area (Å²) in [6, 6.07) is 1.80. The monoisotopic (exact) mass is 642 g/mol. The summed E-state index contributed by atoms with van der Waals surface area (Å²) in [6.45, 7) is 15.0. The Bertz CT molecular complexity index is 1520. The Labute approximate surface area is 281 Å². The normalized spacial score (nSPS) is 16.6. The van der Waals surface area contributed by atoms with E-state index < -0.39 is 0 Å². The maximum atomic E-state index is 13.9. The number of likely N-dealkylation sites (tertiary alicyclic amines) is 1. The van der Waals surface area contributed by atoms with Crippen molar-refractivity contribution in [1.82, 2.24) is 19.7 Å². The summed E-state index contributed by atoms with van der Waals surface area (Å²) in [5.41, 5.74) is 6.83. The first-order valence-electron chi connectivity index (χ1n) is 17.2. The zero-order valence-corrected chi connectivity index (χ0v) is 29.5. The van der Waals surface area contributed by atoms with E-state index in [4.69, 9.17) is 4.74 Å². The lowest BCUT2D eigenvalue weighted by atomic mass is 9.75. The molecule has 1 spiro atoms. The maximum absolute atomic E-state index is 13.9. The number of hydrogen-bond acceptors (Lipinski definition) is 6. The van der Waals surface area contributed by atoms with E-state index in [1.165, 1.54) is 25.7 Å². The lowest BCUT2D eigenvalue weighted by molar-refractivity contribution is -0.119. The number of amides is 2. The van der Waals surface area contributed by atoms with E-state index >= 15 is 0 Å². The third kappa shape index (κ3) is 9.61. The fourth-order valence-corrected chi connectivity index (χ4v) is 6.32. The number of rotatable bonds is 15. The Balaban J connectivity index is 1.55. The van der Waals surface area contributed by atoms with Gasteiger partial charge in [0, 0.05) is 30.0 Å². The highest BCUT2D eigenvalue weighted by Gasteiger charge is 2.45. The lowest BCUT2D eigenvalue weighted by Gasteiger charge is -2.45. The molecule has 2 N–H and O–H groups in total. The van der Waals surface area contributed by atoms with Gasteiger partial charge in [-0.15, -0.1) is 0 Å². The number of pyridine rings is 1. The van der Waals surface area contributed by atoms with Crippen molar-refractivity contribution in [3.05, 3.63) is 76.9 Å². The molecule has 2 aliphatic rings. The van der Waals surface area contributed by atoms with E-state index in [1.54, 1.807) is 19.4 Å². The van der Waals surface area contributed by atoms with Crippen LogP contribution in [0.3, 0.4) is 0 Å². The van der Waals surface area contributed by atoms with E-state index in [1.807, 2.05) is 42.2 Å². The number of carbonyl (C=O) groups is 2.